The van der Waals surface area contributed by atoms with Crippen molar-refractivity contribution in [1.82, 2.24) is 0 Å². The molecule has 1 aromatic rings. The van der Waals surface area contributed by atoms with Crippen molar-refractivity contribution in [3.63, 3.8) is 0 Å². The molecule has 0 aromatic heterocycles. The molecule has 1 aromatic carbocycles. The smallest absolute Gasteiger partial charge is 0.156 e. The first-order valence-corrected chi connectivity index (χ1v) is 7.80. The SMILES string of the molecule is CC(C)=NOCCOc1c(Cl)cc(OCC=C(Cl)Cl)cc1Cl. The molecule has 0 saturated carbocycles. The van der Waals surface area contributed by atoms with Gasteiger partial charge < -0.3 is 14.3 Å². The minimum absolute atomic E-state index is 0.127. The predicted octanol–water partition coefficient (Wildman–Crippen LogP) is 5.48. The largest absolute Gasteiger partial charge is 0.489 e. The highest BCUT2D eigenvalue weighted by atomic mass is 35.5. The molecule has 0 aliphatic heterocycles. The Hall–Kier alpha value is -0.810. The van der Waals surface area contributed by atoms with Crippen LogP contribution in [0.25, 0.3) is 0 Å². The Balaban J connectivity index is 2.58. The quantitative estimate of drug-likeness (QED) is 0.337. The minimum Gasteiger partial charge on any atom is -0.489 e. The maximum Gasteiger partial charge on any atom is 0.156 e. The van der Waals surface area contributed by atoms with Gasteiger partial charge in [0.2, 0.25) is 0 Å². The third-order valence-corrected chi connectivity index (χ3v) is 3.00. The van der Waals surface area contributed by atoms with Crippen molar-refractivity contribution >= 4 is 52.1 Å². The zero-order valence-corrected chi connectivity index (χ0v) is 15.1. The van der Waals surface area contributed by atoms with Gasteiger partial charge in [0, 0.05) is 12.1 Å². The first kappa shape index (κ1) is 19.2. The van der Waals surface area contributed by atoms with Crippen molar-refractivity contribution < 1.29 is 14.3 Å². The predicted molar refractivity (Wildman–Crippen MR) is 92.0 cm³/mol. The molecule has 0 radical (unpaired) electrons. The van der Waals surface area contributed by atoms with Gasteiger partial charge in [-0.3, -0.25) is 0 Å². The molecule has 122 valence electrons. The molecule has 0 amide bonds. The van der Waals surface area contributed by atoms with E-state index in [-0.39, 0.29) is 24.3 Å². The second kappa shape index (κ2) is 10.1. The van der Waals surface area contributed by atoms with Crippen LogP contribution in [0, 0.1) is 0 Å². The average molecular weight is 387 g/mol. The van der Waals surface area contributed by atoms with Gasteiger partial charge in [-0.25, -0.2) is 0 Å². The molecular weight excluding hydrogens is 372 g/mol. The van der Waals surface area contributed by atoms with E-state index in [1.165, 1.54) is 6.08 Å². The molecule has 0 fully saturated rings. The second-order valence-corrected chi connectivity index (χ2v) is 6.06. The van der Waals surface area contributed by atoms with Gasteiger partial charge in [-0.1, -0.05) is 51.6 Å². The van der Waals surface area contributed by atoms with Gasteiger partial charge in [-0.2, -0.15) is 0 Å². The Morgan fingerprint density at radius 1 is 1.09 bits per heavy atom. The lowest BCUT2D eigenvalue weighted by Gasteiger charge is -2.11. The third-order valence-electron chi connectivity index (χ3n) is 2.13. The summed E-state index contributed by atoms with van der Waals surface area (Å²) in [6.07, 6.45) is 1.50. The fraction of sp³-hybridized carbons (Fsp3) is 0.357. The molecule has 0 unspecified atom stereocenters. The molecule has 0 bridgehead atoms. The summed E-state index contributed by atoms with van der Waals surface area (Å²) < 4.78 is 11.0. The zero-order chi connectivity index (χ0) is 16.5. The van der Waals surface area contributed by atoms with Gasteiger partial charge in [-0.15, -0.1) is 0 Å². The Labute approximate surface area is 149 Å². The second-order valence-electron chi connectivity index (χ2n) is 4.24. The topological polar surface area (TPSA) is 40.0 Å². The first-order chi connectivity index (χ1) is 10.4. The van der Waals surface area contributed by atoms with Crippen LogP contribution in [0.3, 0.4) is 0 Å². The molecule has 0 aliphatic rings. The van der Waals surface area contributed by atoms with Gasteiger partial charge in [0.05, 0.1) is 15.8 Å². The fourth-order valence-corrected chi connectivity index (χ4v) is 2.02. The van der Waals surface area contributed by atoms with Gasteiger partial charge in [0.15, 0.2) is 12.4 Å². The van der Waals surface area contributed by atoms with E-state index in [9.17, 15) is 0 Å². The number of hydrogen-bond acceptors (Lipinski definition) is 4. The summed E-state index contributed by atoms with van der Waals surface area (Å²) >= 11 is 23.2. The molecule has 0 spiro atoms. The normalized spacial score (nSPS) is 9.91. The van der Waals surface area contributed by atoms with Gasteiger partial charge >= 0.3 is 0 Å². The van der Waals surface area contributed by atoms with Crippen LogP contribution in [-0.2, 0) is 4.84 Å². The number of halogens is 4. The highest BCUT2D eigenvalue weighted by molar-refractivity contribution is 6.55. The minimum atomic E-state index is 0.127. The Bertz CT molecular complexity index is 530. The number of oxime groups is 1. The van der Waals surface area contributed by atoms with E-state index in [1.807, 2.05) is 13.8 Å². The zero-order valence-electron chi connectivity index (χ0n) is 12.0. The van der Waals surface area contributed by atoms with Crippen molar-refractivity contribution in [2.24, 2.45) is 5.16 Å². The highest BCUT2D eigenvalue weighted by Gasteiger charge is 2.10. The summed E-state index contributed by atoms with van der Waals surface area (Å²) in [4.78, 5) is 5.02. The first-order valence-electron chi connectivity index (χ1n) is 6.29. The number of rotatable bonds is 8. The van der Waals surface area contributed by atoms with Crippen LogP contribution in [0.4, 0.5) is 0 Å². The van der Waals surface area contributed by atoms with Crippen molar-refractivity contribution in [3.8, 4) is 11.5 Å². The molecule has 0 N–H and O–H groups in total. The van der Waals surface area contributed by atoms with Crippen molar-refractivity contribution in [2.45, 2.75) is 13.8 Å². The Morgan fingerprint density at radius 2 is 1.73 bits per heavy atom. The molecule has 8 heteroatoms. The third kappa shape index (κ3) is 7.45. The van der Waals surface area contributed by atoms with Crippen LogP contribution >= 0.6 is 46.4 Å². The van der Waals surface area contributed by atoms with E-state index in [2.05, 4.69) is 5.16 Å². The summed E-state index contributed by atoms with van der Waals surface area (Å²) in [6, 6.07) is 3.18. The molecule has 1 rings (SSSR count). The molecule has 22 heavy (non-hydrogen) atoms. The van der Waals surface area contributed by atoms with Crippen molar-refractivity contribution in [3.05, 3.63) is 32.7 Å². The number of nitrogens with zero attached hydrogens (tertiary/aromatic N) is 1. The molecular formula is C14H15Cl4NO3. The maximum absolute atomic E-state index is 6.11. The average Bonchev–Trinajstić information content (AvgIpc) is 2.40. The van der Waals surface area contributed by atoms with Crippen molar-refractivity contribution in [2.75, 3.05) is 19.8 Å². The lowest BCUT2D eigenvalue weighted by molar-refractivity contribution is 0.107. The van der Waals surface area contributed by atoms with Crippen LogP contribution in [0.15, 0.2) is 27.9 Å². The van der Waals surface area contributed by atoms with Gasteiger partial charge in [0.1, 0.15) is 23.5 Å². The maximum atomic E-state index is 6.11. The fourth-order valence-electron chi connectivity index (χ4n) is 1.31. The summed E-state index contributed by atoms with van der Waals surface area (Å²) in [5, 5.41) is 4.45. The van der Waals surface area contributed by atoms with Gasteiger partial charge in [-0.05, 0) is 19.9 Å². The summed E-state index contributed by atoms with van der Waals surface area (Å²) in [5.41, 5.74) is 0.823. The van der Waals surface area contributed by atoms with E-state index in [4.69, 9.17) is 60.7 Å². The van der Waals surface area contributed by atoms with Crippen LogP contribution in [0.5, 0.6) is 11.5 Å². The Morgan fingerprint density at radius 3 is 2.27 bits per heavy atom. The summed E-state index contributed by atoms with van der Waals surface area (Å²) in [5.74, 6) is 0.845. The van der Waals surface area contributed by atoms with E-state index >= 15 is 0 Å². The summed E-state index contributed by atoms with van der Waals surface area (Å²) in [7, 11) is 0. The number of benzene rings is 1. The monoisotopic (exact) mass is 385 g/mol. The number of ether oxygens (including phenoxy) is 2. The van der Waals surface area contributed by atoms with E-state index in [0.717, 1.165) is 5.71 Å². The van der Waals surface area contributed by atoms with Crippen LogP contribution in [0.1, 0.15) is 13.8 Å². The number of hydrogen-bond donors (Lipinski definition) is 0. The van der Waals surface area contributed by atoms with Crippen LogP contribution in [0.2, 0.25) is 10.0 Å². The van der Waals surface area contributed by atoms with Crippen molar-refractivity contribution in [1.29, 1.82) is 0 Å². The molecule has 4 nitrogen and oxygen atoms in total. The van der Waals surface area contributed by atoms with Crippen LogP contribution < -0.4 is 9.47 Å². The van der Waals surface area contributed by atoms with E-state index in [0.29, 0.717) is 21.5 Å². The summed E-state index contributed by atoms with van der Waals surface area (Å²) in [6.45, 7) is 4.42. The Kier molecular flexibility index (Phi) is 8.79. The molecule has 0 heterocycles. The van der Waals surface area contributed by atoms with E-state index < -0.39 is 0 Å². The van der Waals surface area contributed by atoms with Crippen LogP contribution in [-0.4, -0.2) is 25.5 Å². The molecule has 0 aliphatic carbocycles. The molecule has 0 saturated heterocycles. The van der Waals surface area contributed by atoms with Gasteiger partial charge in [0.25, 0.3) is 0 Å². The standard InChI is InChI=1S/C14H15Cl4NO3/c1-9(2)19-22-6-5-21-14-11(15)7-10(8-12(14)16)20-4-3-13(17)18/h3,7-8H,4-6H2,1-2H3. The van der Waals surface area contributed by atoms with E-state index in [1.54, 1.807) is 12.1 Å². The lowest BCUT2D eigenvalue weighted by atomic mass is 10.3. The highest BCUT2D eigenvalue weighted by Crippen LogP contribution is 2.36. The molecule has 0 atom stereocenters. The lowest BCUT2D eigenvalue weighted by Crippen LogP contribution is -2.05.